The number of hydrogen-bond acceptors (Lipinski definition) is 6. The fourth-order valence-electron chi connectivity index (χ4n) is 3.11. The molecule has 0 spiro atoms. The molecule has 1 aromatic carbocycles. The molecule has 30 heavy (non-hydrogen) atoms. The van der Waals surface area contributed by atoms with Crippen LogP contribution in [0.4, 0.5) is 0 Å². The quantitative estimate of drug-likeness (QED) is 0.443. The van der Waals surface area contributed by atoms with Gasteiger partial charge in [0.15, 0.2) is 11.6 Å². The van der Waals surface area contributed by atoms with Gasteiger partial charge in [-0.1, -0.05) is 30.3 Å². The Bertz CT molecular complexity index is 1190. The minimum Gasteiger partial charge on any atom is -0.253 e. The van der Waals surface area contributed by atoms with Gasteiger partial charge in [-0.2, -0.15) is 0 Å². The maximum absolute atomic E-state index is 4.70. The van der Waals surface area contributed by atoms with Gasteiger partial charge in [-0.05, 0) is 42.5 Å². The third kappa shape index (κ3) is 3.66. The molecule has 6 heteroatoms. The Balaban J connectivity index is 1.52. The topological polar surface area (TPSA) is 77.3 Å². The summed E-state index contributed by atoms with van der Waals surface area (Å²) in [5, 5.41) is 0. The van der Waals surface area contributed by atoms with Gasteiger partial charge in [-0.25, -0.2) is 19.9 Å². The average molecular weight is 388 g/mol. The first kappa shape index (κ1) is 17.8. The molecule has 142 valence electrons. The van der Waals surface area contributed by atoms with Crippen molar-refractivity contribution in [3.8, 4) is 45.6 Å². The summed E-state index contributed by atoms with van der Waals surface area (Å²) in [6, 6.07) is 23.3. The third-order valence-electron chi connectivity index (χ3n) is 4.55. The number of aromatic nitrogens is 6. The van der Waals surface area contributed by atoms with Gasteiger partial charge in [0.25, 0.3) is 0 Å². The van der Waals surface area contributed by atoms with Crippen LogP contribution in [0, 0.1) is 0 Å². The second-order valence-electron chi connectivity index (χ2n) is 6.54. The van der Waals surface area contributed by atoms with E-state index in [1.54, 1.807) is 24.8 Å². The molecule has 6 nitrogen and oxygen atoms in total. The molecule has 0 radical (unpaired) electrons. The monoisotopic (exact) mass is 388 g/mol. The molecular weight excluding hydrogens is 372 g/mol. The Morgan fingerprint density at radius 1 is 0.400 bits per heavy atom. The number of benzene rings is 1. The first-order chi connectivity index (χ1) is 14.9. The van der Waals surface area contributed by atoms with Crippen molar-refractivity contribution in [1.82, 2.24) is 29.9 Å². The minimum atomic E-state index is 0.595. The van der Waals surface area contributed by atoms with Crippen molar-refractivity contribution in [3.63, 3.8) is 0 Å². The highest BCUT2D eigenvalue weighted by atomic mass is 14.9. The predicted molar refractivity (Wildman–Crippen MR) is 115 cm³/mol. The van der Waals surface area contributed by atoms with Gasteiger partial charge < -0.3 is 0 Å². The summed E-state index contributed by atoms with van der Waals surface area (Å²) in [7, 11) is 0. The van der Waals surface area contributed by atoms with E-state index in [2.05, 4.69) is 26.0 Å². The second-order valence-corrected chi connectivity index (χ2v) is 6.54. The first-order valence-corrected chi connectivity index (χ1v) is 9.46. The van der Waals surface area contributed by atoms with E-state index in [4.69, 9.17) is 9.97 Å². The van der Waals surface area contributed by atoms with Crippen molar-refractivity contribution in [1.29, 1.82) is 0 Å². The summed E-state index contributed by atoms with van der Waals surface area (Å²) < 4.78 is 0. The van der Waals surface area contributed by atoms with Crippen molar-refractivity contribution >= 4 is 0 Å². The van der Waals surface area contributed by atoms with E-state index in [1.807, 2.05) is 66.7 Å². The Morgan fingerprint density at radius 2 is 0.933 bits per heavy atom. The lowest BCUT2D eigenvalue weighted by Gasteiger charge is -2.07. The molecule has 0 N–H and O–H groups in total. The van der Waals surface area contributed by atoms with Crippen LogP contribution in [0.5, 0.6) is 0 Å². The van der Waals surface area contributed by atoms with Crippen LogP contribution in [0.3, 0.4) is 0 Å². The van der Waals surface area contributed by atoms with Crippen LogP contribution in [0.1, 0.15) is 0 Å². The van der Waals surface area contributed by atoms with Crippen molar-refractivity contribution in [2.45, 2.75) is 0 Å². The van der Waals surface area contributed by atoms with Crippen LogP contribution in [0.2, 0.25) is 0 Å². The summed E-state index contributed by atoms with van der Waals surface area (Å²) in [5.74, 6) is 1.19. The van der Waals surface area contributed by atoms with Crippen LogP contribution in [-0.4, -0.2) is 29.9 Å². The SMILES string of the molecule is c1ccc(-c2nccc(-c3cccc(-c4ccnc(-c5ccccn5)n4)c3)n2)nc1. The summed E-state index contributed by atoms with van der Waals surface area (Å²) in [6.45, 7) is 0. The minimum absolute atomic E-state index is 0.595. The molecule has 0 bridgehead atoms. The standard InChI is InChI=1S/C24H16N6/c1-3-12-25-21(8-1)23-27-14-10-19(29-23)17-6-5-7-18(16-17)20-11-15-28-24(30-20)22-9-2-4-13-26-22/h1-16H. The van der Waals surface area contributed by atoms with Crippen molar-refractivity contribution in [2.75, 3.05) is 0 Å². The highest BCUT2D eigenvalue weighted by molar-refractivity contribution is 5.71. The summed E-state index contributed by atoms with van der Waals surface area (Å²) in [5.41, 5.74) is 5.09. The van der Waals surface area contributed by atoms with Crippen LogP contribution in [0.25, 0.3) is 45.6 Å². The van der Waals surface area contributed by atoms with Crippen LogP contribution < -0.4 is 0 Å². The molecule has 5 rings (SSSR count). The van der Waals surface area contributed by atoms with Crippen LogP contribution >= 0.6 is 0 Å². The zero-order valence-electron chi connectivity index (χ0n) is 15.9. The van der Waals surface area contributed by atoms with Gasteiger partial charge >= 0.3 is 0 Å². The van der Waals surface area contributed by atoms with Crippen molar-refractivity contribution < 1.29 is 0 Å². The van der Waals surface area contributed by atoms with Crippen molar-refractivity contribution in [3.05, 3.63) is 97.6 Å². The van der Waals surface area contributed by atoms with Gasteiger partial charge in [-0.15, -0.1) is 0 Å². The summed E-state index contributed by atoms with van der Waals surface area (Å²) in [6.07, 6.45) is 6.98. The molecule has 0 saturated heterocycles. The molecule has 0 aliphatic heterocycles. The number of hydrogen-bond donors (Lipinski definition) is 0. The molecule has 4 heterocycles. The lowest BCUT2D eigenvalue weighted by molar-refractivity contribution is 1.14. The lowest BCUT2D eigenvalue weighted by atomic mass is 10.1. The highest BCUT2D eigenvalue weighted by Gasteiger charge is 2.09. The molecule has 0 aliphatic carbocycles. The van der Waals surface area contributed by atoms with Crippen molar-refractivity contribution in [2.24, 2.45) is 0 Å². The molecule has 0 atom stereocenters. The van der Waals surface area contributed by atoms with Gasteiger partial charge in [0.1, 0.15) is 11.4 Å². The second kappa shape index (κ2) is 7.97. The average Bonchev–Trinajstić information content (AvgIpc) is 2.85. The number of nitrogens with zero attached hydrogens (tertiary/aromatic N) is 6. The molecule has 0 unspecified atom stereocenters. The number of pyridine rings is 2. The maximum Gasteiger partial charge on any atom is 0.178 e. The first-order valence-electron chi connectivity index (χ1n) is 9.46. The third-order valence-corrected chi connectivity index (χ3v) is 4.55. The number of rotatable bonds is 4. The smallest absolute Gasteiger partial charge is 0.178 e. The molecule has 4 aromatic heterocycles. The van der Waals surface area contributed by atoms with E-state index in [1.165, 1.54) is 0 Å². The van der Waals surface area contributed by atoms with E-state index in [0.717, 1.165) is 33.9 Å². The fraction of sp³-hybridized carbons (Fsp3) is 0. The van der Waals surface area contributed by atoms with Gasteiger partial charge in [0.2, 0.25) is 0 Å². The Morgan fingerprint density at radius 3 is 1.40 bits per heavy atom. The molecule has 0 amide bonds. The van der Waals surface area contributed by atoms with E-state index >= 15 is 0 Å². The van der Waals surface area contributed by atoms with Gasteiger partial charge in [0.05, 0.1) is 11.4 Å². The fourth-order valence-corrected chi connectivity index (χ4v) is 3.11. The van der Waals surface area contributed by atoms with E-state index in [9.17, 15) is 0 Å². The Hall–Kier alpha value is -4.32. The van der Waals surface area contributed by atoms with E-state index in [-0.39, 0.29) is 0 Å². The van der Waals surface area contributed by atoms with Crippen LogP contribution in [-0.2, 0) is 0 Å². The molecule has 0 saturated carbocycles. The molecular formula is C24H16N6. The molecule has 5 aromatic rings. The lowest BCUT2D eigenvalue weighted by Crippen LogP contribution is -1.95. The highest BCUT2D eigenvalue weighted by Crippen LogP contribution is 2.26. The molecule has 0 fully saturated rings. The zero-order chi connectivity index (χ0) is 20.2. The Labute approximate surface area is 173 Å². The predicted octanol–water partition coefficient (Wildman–Crippen LogP) is 4.72. The normalized spacial score (nSPS) is 10.7. The largest absolute Gasteiger partial charge is 0.253 e. The maximum atomic E-state index is 4.70. The molecule has 0 aliphatic rings. The summed E-state index contributed by atoms with van der Waals surface area (Å²) >= 11 is 0. The van der Waals surface area contributed by atoms with E-state index in [0.29, 0.717) is 11.6 Å². The van der Waals surface area contributed by atoms with E-state index < -0.39 is 0 Å². The van der Waals surface area contributed by atoms with Crippen LogP contribution in [0.15, 0.2) is 97.6 Å². The van der Waals surface area contributed by atoms with Gasteiger partial charge in [-0.3, -0.25) is 9.97 Å². The zero-order valence-corrected chi connectivity index (χ0v) is 15.9. The summed E-state index contributed by atoms with van der Waals surface area (Å²) in [4.78, 5) is 26.8. The van der Waals surface area contributed by atoms with Gasteiger partial charge in [0, 0.05) is 35.9 Å². The Kier molecular flexibility index (Phi) is 4.72.